The minimum atomic E-state index is -1.56. The van der Waals surface area contributed by atoms with Gasteiger partial charge in [-0.05, 0) is 38.5 Å². The van der Waals surface area contributed by atoms with Crippen molar-refractivity contribution < 1.29 is 39.8 Å². The maximum Gasteiger partial charge on any atom is 0.220 e. The number of rotatable bonds is 41. The van der Waals surface area contributed by atoms with E-state index in [2.05, 4.69) is 31.3 Å². The number of nitrogens with one attached hydrogen (secondary N) is 1. The predicted molar refractivity (Wildman–Crippen MR) is 240 cm³/mol. The van der Waals surface area contributed by atoms with E-state index in [9.17, 15) is 30.3 Å². The number of carbonyl (C=O) groups excluding carboxylic acids is 1. The van der Waals surface area contributed by atoms with Crippen LogP contribution in [0.2, 0.25) is 0 Å². The van der Waals surface area contributed by atoms with E-state index >= 15 is 0 Å². The topological polar surface area (TPSA) is 149 Å². The molecule has 0 saturated carbocycles. The third kappa shape index (κ3) is 29.8. The second-order valence-corrected chi connectivity index (χ2v) is 17.3. The minimum absolute atomic E-state index is 0.183. The Balaban J connectivity index is 1.99. The molecule has 1 heterocycles. The van der Waals surface area contributed by atoms with E-state index in [1.807, 2.05) is 6.08 Å². The van der Waals surface area contributed by atoms with Crippen molar-refractivity contribution >= 4 is 5.91 Å². The highest BCUT2D eigenvalue weighted by Crippen LogP contribution is 2.23. The van der Waals surface area contributed by atoms with Gasteiger partial charge in [-0.25, -0.2) is 0 Å². The Kier molecular flexibility index (Phi) is 37.5. The molecule has 0 aromatic rings. The molecule has 0 radical (unpaired) electrons. The molecule has 1 saturated heterocycles. The first kappa shape index (κ1) is 54.7. The highest BCUT2D eigenvalue weighted by Gasteiger charge is 2.44. The second kappa shape index (κ2) is 39.8. The molecule has 1 aliphatic heterocycles. The number of ether oxygens (including phenoxy) is 2. The van der Waals surface area contributed by atoms with Crippen LogP contribution in [0.5, 0.6) is 0 Å². The molecular formula is C49H93NO8. The Morgan fingerprint density at radius 1 is 0.569 bits per heavy atom. The molecule has 9 nitrogen and oxygen atoms in total. The van der Waals surface area contributed by atoms with Gasteiger partial charge >= 0.3 is 0 Å². The van der Waals surface area contributed by atoms with Crippen LogP contribution < -0.4 is 5.32 Å². The van der Waals surface area contributed by atoms with Gasteiger partial charge in [0.1, 0.15) is 24.4 Å². The van der Waals surface area contributed by atoms with Crippen LogP contribution in [0.1, 0.15) is 226 Å². The van der Waals surface area contributed by atoms with Crippen molar-refractivity contribution in [1.29, 1.82) is 0 Å². The van der Waals surface area contributed by atoms with Crippen LogP contribution in [0.4, 0.5) is 0 Å². The van der Waals surface area contributed by atoms with Crippen molar-refractivity contribution in [3.63, 3.8) is 0 Å². The summed E-state index contributed by atoms with van der Waals surface area (Å²) < 4.78 is 11.1. The number of hydrogen-bond acceptors (Lipinski definition) is 8. The van der Waals surface area contributed by atoms with Crippen molar-refractivity contribution in [2.24, 2.45) is 0 Å². The number of unbranched alkanes of at least 4 members (excludes halogenated alkanes) is 29. The van der Waals surface area contributed by atoms with Gasteiger partial charge < -0.3 is 40.3 Å². The smallest absolute Gasteiger partial charge is 0.220 e. The predicted octanol–water partition coefficient (Wildman–Crippen LogP) is 10.7. The third-order valence-corrected chi connectivity index (χ3v) is 11.8. The molecule has 7 atom stereocenters. The van der Waals surface area contributed by atoms with Gasteiger partial charge in [0.15, 0.2) is 6.29 Å². The largest absolute Gasteiger partial charge is 0.394 e. The average molecular weight is 824 g/mol. The first-order valence-corrected chi connectivity index (χ1v) is 24.6. The van der Waals surface area contributed by atoms with Gasteiger partial charge in [-0.3, -0.25) is 4.79 Å². The first-order valence-electron chi connectivity index (χ1n) is 24.6. The van der Waals surface area contributed by atoms with Crippen molar-refractivity contribution in [3.8, 4) is 0 Å². The van der Waals surface area contributed by atoms with Crippen molar-refractivity contribution in [2.45, 2.75) is 269 Å². The molecule has 9 heteroatoms. The minimum Gasteiger partial charge on any atom is -0.394 e. The van der Waals surface area contributed by atoms with Gasteiger partial charge in [-0.15, -0.1) is 0 Å². The van der Waals surface area contributed by atoms with E-state index in [0.717, 1.165) is 38.5 Å². The summed E-state index contributed by atoms with van der Waals surface area (Å²) in [6.45, 7) is 3.62. The lowest BCUT2D eigenvalue weighted by Gasteiger charge is -2.40. The summed E-state index contributed by atoms with van der Waals surface area (Å²) in [5.41, 5.74) is 0. The number of aliphatic hydroxyl groups excluding tert-OH is 5. The molecule has 1 aliphatic rings. The van der Waals surface area contributed by atoms with Gasteiger partial charge in [0, 0.05) is 6.42 Å². The molecule has 0 aromatic heterocycles. The third-order valence-electron chi connectivity index (χ3n) is 11.8. The molecule has 0 aliphatic carbocycles. The van der Waals surface area contributed by atoms with Crippen LogP contribution in [0.3, 0.4) is 0 Å². The van der Waals surface area contributed by atoms with Gasteiger partial charge in [-0.1, -0.05) is 205 Å². The zero-order valence-corrected chi connectivity index (χ0v) is 37.6. The summed E-state index contributed by atoms with van der Waals surface area (Å²) in [7, 11) is 0. The van der Waals surface area contributed by atoms with Crippen LogP contribution in [0.25, 0.3) is 0 Å². The summed E-state index contributed by atoms with van der Waals surface area (Å²) in [6.07, 6.45) is 41.9. The molecule has 7 unspecified atom stereocenters. The Morgan fingerprint density at radius 2 is 0.983 bits per heavy atom. The first-order chi connectivity index (χ1) is 28.3. The van der Waals surface area contributed by atoms with Crippen LogP contribution in [0, 0.1) is 0 Å². The Morgan fingerprint density at radius 3 is 1.43 bits per heavy atom. The van der Waals surface area contributed by atoms with Crippen LogP contribution >= 0.6 is 0 Å². The van der Waals surface area contributed by atoms with E-state index in [1.54, 1.807) is 6.08 Å². The summed E-state index contributed by atoms with van der Waals surface area (Å²) in [5.74, 6) is -0.183. The van der Waals surface area contributed by atoms with Gasteiger partial charge in [0.2, 0.25) is 5.91 Å². The molecule has 1 fully saturated rings. The second-order valence-electron chi connectivity index (χ2n) is 17.3. The fourth-order valence-electron chi connectivity index (χ4n) is 7.78. The fourth-order valence-corrected chi connectivity index (χ4v) is 7.78. The quantitative estimate of drug-likeness (QED) is 0.0264. The van der Waals surface area contributed by atoms with Crippen molar-refractivity contribution in [1.82, 2.24) is 5.32 Å². The lowest BCUT2D eigenvalue weighted by Crippen LogP contribution is -2.60. The molecule has 0 aromatic carbocycles. The molecule has 0 spiro atoms. The zero-order valence-electron chi connectivity index (χ0n) is 37.6. The molecule has 1 rings (SSSR count). The van der Waals surface area contributed by atoms with Gasteiger partial charge in [0.25, 0.3) is 0 Å². The van der Waals surface area contributed by atoms with E-state index in [1.165, 1.54) is 167 Å². The van der Waals surface area contributed by atoms with Crippen molar-refractivity contribution in [2.75, 3.05) is 13.2 Å². The molecule has 342 valence electrons. The number of hydrogen-bond donors (Lipinski definition) is 6. The lowest BCUT2D eigenvalue weighted by atomic mass is 9.99. The lowest BCUT2D eigenvalue weighted by molar-refractivity contribution is -0.302. The summed E-state index contributed by atoms with van der Waals surface area (Å²) in [4.78, 5) is 12.8. The van der Waals surface area contributed by atoms with E-state index in [-0.39, 0.29) is 12.5 Å². The van der Waals surface area contributed by atoms with Crippen LogP contribution in [-0.4, -0.2) is 87.5 Å². The van der Waals surface area contributed by atoms with E-state index in [4.69, 9.17) is 9.47 Å². The Labute approximate surface area is 356 Å². The zero-order chi connectivity index (χ0) is 42.3. The SMILES string of the molecule is CCCC/C=C/C(O)C(COC1OC(CO)C(O)C(O)C1O)NC(=O)CCCCCCCCCCCCCCCCCCCCC/C=C\CCCCCCCCCC. The molecule has 0 bridgehead atoms. The maximum atomic E-state index is 12.8. The van der Waals surface area contributed by atoms with Gasteiger partial charge in [-0.2, -0.15) is 0 Å². The van der Waals surface area contributed by atoms with Gasteiger partial charge in [0.05, 0.1) is 25.4 Å². The maximum absolute atomic E-state index is 12.8. The number of carbonyl (C=O) groups is 1. The van der Waals surface area contributed by atoms with Crippen LogP contribution in [0.15, 0.2) is 24.3 Å². The van der Waals surface area contributed by atoms with Crippen molar-refractivity contribution in [3.05, 3.63) is 24.3 Å². The molecule has 6 N–H and O–H groups in total. The average Bonchev–Trinajstić information content (AvgIpc) is 3.22. The Bertz CT molecular complexity index is 961. The normalized spacial score (nSPS) is 21.0. The fraction of sp³-hybridized carbons (Fsp3) is 0.898. The highest BCUT2D eigenvalue weighted by atomic mass is 16.7. The van der Waals surface area contributed by atoms with E-state index in [0.29, 0.717) is 6.42 Å². The molecular weight excluding hydrogens is 731 g/mol. The number of aliphatic hydroxyl groups is 5. The molecule has 58 heavy (non-hydrogen) atoms. The monoisotopic (exact) mass is 824 g/mol. The highest BCUT2D eigenvalue weighted by molar-refractivity contribution is 5.76. The summed E-state index contributed by atoms with van der Waals surface area (Å²) >= 11 is 0. The Hall–Kier alpha value is -1.33. The number of allylic oxidation sites excluding steroid dienone is 3. The van der Waals surface area contributed by atoms with E-state index < -0.39 is 49.5 Å². The standard InChI is InChI=1S/C49H93NO8/c1-3-5-7-9-10-11-12-13-14-15-16-17-18-19-20-21-22-23-24-25-26-27-28-29-30-31-32-33-34-35-37-39-45(53)50-42(43(52)38-36-8-6-4-2)41-57-49-48(56)47(55)46(54)44(40-51)58-49/h15-16,36,38,42-44,46-49,51-52,54-56H,3-14,17-35,37,39-41H2,1-2H3,(H,50,53)/b16-15-,38-36+. The summed E-state index contributed by atoms with van der Waals surface area (Å²) in [6, 6.07) is -0.797. The number of amides is 1. The summed E-state index contributed by atoms with van der Waals surface area (Å²) in [5, 5.41) is 53.6. The molecule has 1 amide bonds. The van der Waals surface area contributed by atoms with Crippen LogP contribution in [-0.2, 0) is 14.3 Å².